The maximum Gasteiger partial charge on any atom is 0.148 e. The molecule has 1 aromatic heterocycles. The van der Waals surface area contributed by atoms with Gasteiger partial charge in [-0.05, 0) is 43.7 Å². The van der Waals surface area contributed by atoms with Crippen LogP contribution in [0.4, 0.5) is 0 Å². The molecule has 1 heterocycles. The average molecular weight is 263 g/mol. The molecule has 1 atom stereocenters. The molecule has 0 radical (unpaired) electrons. The van der Waals surface area contributed by atoms with Gasteiger partial charge >= 0.3 is 0 Å². The fourth-order valence-corrected chi connectivity index (χ4v) is 1.81. The molecule has 4 heteroatoms. The van der Waals surface area contributed by atoms with E-state index >= 15 is 0 Å². The predicted molar refractivity (Wildman–Crippen MR) is 73.1 cm³/mol. The summed E-state index contributed by atoms with van der Waals surface area (Å²) in [5.41, 5.74) is 7.61. The van der Waals surface area contributed by atoms with Gasteiger partial charge in [0.2, 0.25) is 0 Å². The number of nitrogens with two attached hydrogens (primary N) is 1. The molecule has 94 valence electrons. The van der Waals surface area contributed by atoms with Crippen molar-refractivity contribution < 1.29 is 4.74 Å². The Morgan fingerprint density at radius 2 is 2.06 bits per heavy atom. The molecule has 0 amide bonds. The maximum absolute atomic E-state index is 6.17. The summed E-state index contributed by atoms with van der Waals surface area (Å²) < 4.78 is 5.74. The summed E-state index contributed by atoms with van der Waals surface area (Å²) in [6, 6.07) is 9.21. The Morgan fingerprint density at radius 1 is 1.28 bits per heavy atom. The molecule has 0 saturated heterocycles. The van der Waals surface area contributed by atoms with E-state index in [1.807, 2.05) is 44.2 Å². The third-order valence-corrected chi connectivity index (χ3v) is 2.96. The van der Waals surface area contributed by atoms with Crippen LogP contribution < -0.4 is 10.5 Å². The molecular weight excluding hydrogens is 248 g/mol. The van der Waals surface area contributed by atoms with Crippen LogP contribution >= 0.6 is 11.6 Å². The van der Waals surface area contributed by atoms with Gasteiger partial charge in [0.15, 0.2) is 0 Å². The second kappa shape index (κ2) is 5.38. The number of aryl methyl sites for hydroxylation is 1. The van der Waals surface area contributed by atoms with Crippen LogP contribution in [0.5, 0.6) is 11.5 Å². The molecule has 0 aliphatic carbocycles. The lowest BCUT2D eigenvalue weighted by Crippen LogP contribution is -2.04. The smallest absolute Gasteiger partial charge is 0.148 e. The zero-order valence-electron chi connectivity index (χ0n) is 10.4. The molecule has 2 N–H and O–H groups in total. The molecular formula is C14H15ClN2O. The highest BCUT2D eigenvalue weighted by Gasteiger charge is 2.08. The van der Waals surface area contributed by atoms with Crippen LogP contribution in [0.25, 0.3) is 0 Å². The molecule has 3 nitrogen and oxygen atoms in total. The van der Waals surface area contributed by atoms with Crippen LogP contribution in [0.15, 0.2) is 36.5 Å². The van der Waals surface area contributed by atoms with Gasteiger partial charge in [0.1, 0.15) is 11.5 Å². The van der Waals surface area contributed by atoms with Gasteiger partial charge in [-0.15, -0.1) is 0 Å². The second-order valence-corrected chi connectivity index (χ2v) is 4.57. The van der Waals surface area contributed by atoms with Crippen molar-refractivity contribution in [2.24, 2.45) is 5.73 Å². The third kappa shape index (κ3) is 2.81. The fourth-order valence-electron chi connectivity index (χ4n) is 1.58. The number of aromatic nitrogens is 1. The van der Waals surface area contributed by atoms with E-state index in [0.717, 1.165) is 11.3 Å². The summed E-state index contributed by atoms with van der Waals surface area (Å²) in [6.07, 6.45) is 1.73. The summed E-state index contributed by atoms with van der Waals surface area (Å²) in [5.74, 6) is 1.31. The molecule has 18 heavy (non-hydrogen) atoms. The lowest BCUT2D eigenvalue weighted by molar-refractivity contribution is 0.475. The molecule has 0 saturated carbocycles. The predicted octanol–water partition coefficient (Wildman–Crippen LogP) is 3.86. The molecule has 1 aromatic carbocycles. The summed E-state index contributed by atoms with van der Waals surface area (Å²) in [6.45, 7) is 3.80. The van der Waals surface area contributed by atoms with E-state index in [9.17, 15) is 0 Å². The first-order chi connectivity index (χ1) is 8.58. The summed E-state index contributed by atoms with van der Waals surface area (Å²) >= 11 is 6.17. The van der Waals surface area contributed by atoms with Gasteiger partial charge in [0.25, 0.3) is 0 Å². The molecule has 0 aliphatic heterocycles. The Kier molecular flexibility index (Phi) is 3.84. The SMILES string of the molecule is Cc1ncccc1Oc1ccc(C(C)N)cc1Cl. The molecule has 2 aromatic rings. The van der Waals surface area contributed by atoms with Crippen molar-refractivity contribution in [3.63, 3.8) is 0 Å². The van der Waals surface area contributed by atoms with E-state index in [-0.39, 0.29) is 6.04 Å². The van der Waals surface area contributed by atoms with Gasteiger partial charge in [-0.25, -0.2) is 0 Å². The van der Waals surface area contributed by atoms with E-state index in [4.69, 9.17) is 22.1 Å². The quantitative estimate of drug-likeness (QED) is 0.914. The minimum Gasteiger partial charge on any atom is -0.454 e. The zero-order valence-corrected chi connectivity index (χ0v) is 11.1. The van der Waals surface area contributed by atoms with Crippen molar-refractivity contribution in [2.45, 2.75) is 19.9 Å². The third-order valence-electron chi connectivity index (χ3n) is 2.66. The number of pyridine rings is 1. The monoisotopic (exact) mass is 262 g/mol. The number of hydrogen-bond acceptors (Lipinski definition) is 3. The Morgan fingerprint density at radius 3 is 2.67 bits per heavy atom. The second-order valence-electron chi connectivity index (χ2n) is 4.17. The Hall–Kier alpha value is -1.58. The van der Waals surface area contributed by atoms with Gasteiger partial charge in [0, 0.05) is 12.2 Å². The number of benzene rings is 1. The molecule has 0 aliphatic rings. The van der Waals surface area contributed by atoms with E-state index in [0.29, 0.717) is 16.5 Å². The van der Waals surface area contributed by atoms with Crippen molar-refractivity contribution in [2.75, 3.05) is 0 Å². The number of ether oxygens (including phenoxy) is 1. The molecule has 0 spiro atoms. The summed E-state index contributed by atoms with van der Waals surface area (Å²) in [7, 11) is 0. The largest absolute Gasteiger partial charge is 0.454 e. The molecule has 0 bridgehead atoms. The maximum atomic E-state index is 6.17. The molecule has 1 unspecified atom stereocenters. The number of rotatable bonds is 3. The fraction of sp³-hybridized carbons (Fsp3) is 0.214. The molecule has 0 fully saturated rings. The number of halogens is 1. The van der Waals surface area contributed by atoms with Gasteiger partial charge in [-0.2, -0.15) is 0 Å². The first-order valence-electron chi connectivity index (χ1n) is 5.72. The Bertz CT molecular complexity index is 555. The van der Waals surface area contributed by atoms with E-state index in [1.165, 1.54) is 0 Å². The van der Waals surface area contributed by atoms with E-state index in [2.05, 4.69) is 4.98 Å². The van der Waals surface area contributed by atoms with Crippen LogP contribution in [0.1, 0.15) is 24.2 Å². The zero-order chi connectivity index (χ0) is 13.1. The highest BCUT2D eigenvalue weighted by molar-refractivity contribution is 6.32. The number of nitrogens with zero attached hydrogens (tertiary/aromatic N) is 1. The van der Waals surface area contributed by atoms with Crippen molar-refractivity contribution in [3.8, 4) is 11.5 Å². The van der Waals surface area contributed by atoms with Crippen molar-refractivity contribution in [3.05, 3.63) is 52.8 Å². The van der Waals surface area contributed by atoms with Crippen LogP contribution in [-0.4, -0.2) is 4.98 Å². The van der Waals surface area contributed by atoms with Gasteiger partial charge in [-0.1, -0.05) is 17.7 Å². The Labute approximate surface area is 112 Å². The van der Waals surface area contributed by atoms with E-state index in [1.54, 1.807) is 6.20 Å². The standard InChI is InChI=1S/C14H15ClN2O/c1-9(16)11-5-6-14(12(15)8-11)18-13-4-3-7-17-10(13)2/h3-9H,16H2,1-2H3. The Balaban J connectivity index is 2.28. The topological polar surface area (TPSA) is 48.1 Å². The van der Waals surface area contributed by atoms with E-state index < -0.39 is 0 Å². The lowest BCUT2D eigenvalue weighted by Gasteiger charge is -2.11. The van der Waals surface area contributed by atoms with Crippen LogP contribution in [0.2, 0.25) is 5.02 Å². The van der Waals surface area contributed by atoms with Gasteiger partial charge in [0.05, 0.1) is 10.7 Å². The normalized spacial score (nSPS) is 12.2. The highest BCUT2D eigenvalue weighted by atomic mass is 35.5. The number of hydrogen-bond donors (Lipinski definition) is 1. The minimum absolute atomic E-state index is 0.0447. The minimum atomic E-state index is -0.0447. The van der Waals surface area contributed by atoms with Gasteiger partial charge in [-0.3, -0.25) is 4.98 Å². The molecule has 2 rings (SSSR count). The van der Waals surface area contributed by atoms with Crippen molar-refractivity contribution >= 4 is 11.6 Å². The van der Waals surface area contributed by atoms with Crippen LogP contribution in [0, 0.1) is 6.92 Å². The van der Waals surface area contributed by atoms with Crippen LogP contribution in [0.3, 0.4) is 0 Å². The van der Waals surface area contributed by atoms with Crippen molar-refractivity contribution in [1.29, 1.82) is 0 Å². The highest BCUT2D eigenvalue weighted by Crippen LogP contribution is 2.32. The van der Waals surface area contributed by atoms with Crippen LogP contribution in [-0.2, 0) is 0 Å². The average Bonchev–Trinajstić information content (AvgIpc) is 2.34. The van der Waals surface area contributed by atoms with Gasteiger partial charge < -0.3 is 10.5 Å². The summed E-state index contributed by atoms with van der Waals surface area (Å²) in [4.78, 5) is 4.16. The van der Waals surface area contributed by atoms with Crippen molar-refractivity contribution in [1.82, 2.24) is 4.98 Å². The first kappa shape index (κ1) is 12.9. The summed E-state index contributed by atoms with van der Waals surface area (Å²) in [5, 5.41) is 0.549. The first-order valence-corrected chi connectivity index (χ1v) is 6.10. The lowest BCUT2D eigenvalue weighted by atomic mass is 10.1.